The molecule has 5 rings (SSSR count). The minimum atomic E-state index is -1.39. The predicted octanol–water partition coefficient (Wildman–Crippen LogP) is 5.17. The third-order valence-corrected chi connectivity index (χ3v) is 13.2. The van der Waals surface area contributed by atoms with Gasteiger partial charge >= 0.3 is 18.2 Å². The summed E-state index contributed by atoms with van der Waals surface area (Å²) >= 11 is 0. The Morgan fingerprint density at radius 2 is 1.45 bits per heavy atom. The Labute approximate surface area is 495 Å². The number of carbonyl (C=O) groups excluding carboxylic acids is 9. The number of unbranched alkanes of at least 4 members (excludes halogenated alkanes) is 2. The van der Waals surface area contributed by atoms with Crippen molar-refractivity contribution in [2.75, 3.05) is 56.6 Å². The molecule has 10 N–H and O–H groups in total. The van der Waals surface area contributed by atoms with Gasteiger partial charge in [0.2, 0.25) is 23.6 Å². The van der Waals surface area contributed by atoms with Gasteiger partial charge in [-0.15, -0.1) is 0 Å². The monoisotopic (exact) mass is 1180 g/mol. The Balaban J connectivity index is 1.10. The largest absolute Gasteiger partial charge is 0.445 e. The number of carbonyl (C=O) groups is 9. The molecule has 0 fully saturated rings. The summed E-state index contributed by atoms with van der Waals surface area (Å²) in [7, 11) is 0. The fraction of sp³-hybridized carbons (Fsp3) is 0.542. The number of amides is 10. The van der Waals surface area contributed by atoms with Crippen LogP contribution in [-0.4, -0.2) is 148 Å². The maximum atomic E-state index is 13.7. The van der Waals surface area contributed by atoms with Gasteiger partial charge in [-0.2, -0.15) is 0 Å². The van der Waals surface area contributed by atoms with Gasteiger partial charge in [-0.1, -0.05) is 50.6 Å². The number of alkyl carbamates (subject to hydrolysis) is 2. The Morgan fingerprint density at radius 1 is 0.741 bits per heavy atom. The number of imidazole rings is 1. The molecule has 2 atom stereocenters. The number of nitrogens with one attached hydrogen (secondary N) is 8. The summed E-state index contributed by atoms with van der Waals surface area (Å²) in [6.45, 7) is 19.9. The van der Waals surface area contributed by atoms with Crippen LogP contribution in [0.1, 0.15) is 119 Å². The molecule has 0 bridgehead atoms. The summed E-state index contributed by atoms with van der Waals surface area (Å²) in [5, 5.41) is 23.2. The van der Waals surface area contributed by atoms with E-state index < -0.39 is 64.8 Å². The molecule has 2 aromatic heterocycles. The highest BCUT2D eigenvalue weighted by atomic mass is 16.6. The van der Waals surface area contributed by atoms with Crippen LogP contribution in [0.2, 0.25) is 0 Å². The van der Waals surface area contributed by atoms with E-state index in [1.807, 2.05) is 45.0 Å². The molecule has 0 saturated carbocycles. The molecule has 26 heteroatoms. The number of hydrogen-bond donors (Lipinski definition) is 9. The molecule has 0 saturated heterocycles. The molecule has 0 unspecified atom stereocenters. The molecule has 1 aliphatic heterocycles. The first kappa shape index (κ1) is 67.4. The lowest BCUT2D eigenvalue weighted by molar-refractivity contribution is -0.137. The van der Waals surface area contributed by atoms with Gasteiger partial charge < -0.3 is 71.8 Å². The standard InChI is InChI=1S/C59H85N13O13/c1-11-82-35-43-68-48-49(40-18-14-15-19-41(40)66-50(48)61-29-30-64-55(80)85-57(4,5)6)72(43)36-58(7,8)84-33-31-62-53(78)59(9,10)70-56(81)83-34-38-22-24-39(25-23-38)65-51(76)42(20-17-28-63-54(60)79)67-52(77)47(37(2)3)69-44(73)21-13-12-16-32-71-45(74)26-27-46(71)75/h14-15,18-19,22-27,37,42,47H,11-13,16-17,20-21,28-36H2,1-10H3,(H,61,66)(H,62,78)(H,64,80)(H,65,76)(H,67,77)(H,69,73)(H,70,81)(H3,60,63,79)/t42-,47-/m0/s1. The van der Waals surface area contributed by atoms with E-state index in [0.29, 0.717) is 67.4 Å². The summed E-state index contributed by atoms with van der Waals surface area (Å²) in [4.78, 5) is 125. The van der Waals surface area contributed by atoms with Gasteiger partial charge in [0.15, 0.2) is 5.82 Å². The van der Waals surface area contributed by atoms with E-state index in [0.717, 1.165) is 21.3 Å². The summed E-state index contributed by atoms with van der Waals surface area (Å²) in [5.41, 5.74) is 5.51. The molecular formula is C59H85N13O13. The average molecular weight is 1180 g/mol. The van der Waals surface area contributed by atoms with Crippen molar-refractivity contribution in [3.8, 4) is 0 Å². The topological polar surface area (TPSA) is 347 Å². The van der Waals surface area contributed by atoms with E-state index in [9.17, 15) is 43.2 Å². The molecule has 4 aromatic rings. The highest BCUT2D eigenvalue weighted by Crippen LogP contribution is 2.32. The van der Waals surface area contributed by atoms with E-state index in [-0.39, 0.29) is 88.9 Å². The van der Waals surface area contributed by atoms with Crippen molar-refractivity contribution in [1.82, 2.24) is 51.3 Å². The third kappa shape index (κ3) is 21.6. The number of aromatic nitrogens is 3. The lowest BCUT2D eigenvalue weighted by Gasteiger charge is -2.28. The molecular weight excluding hydrogens is 1100 g/mol. The molecule has 2 aromatic carbocycles. The number of ether oxygens (including phenoxy) is 4. The van der Waals surface area contributed by atoms with Crippen LogP contribution >= 0.6 is 0 Å². The number of benzene rings is 2. The maximum absolute atomic E-state index is 13.7. The van der Waals surface area contributed by atoms with Crippen molar-refractivity contribution < 1.29 is 62.1 Å². The first-order chi connectivity index (χ1) is 40.2. The zero-order valence-electron chi connectivity index (χ0n) is 50.5. The predicted molar refractivity (Wildman–Crippen MR) is 318 cm³/mol. The smallest absolute Gasteiger partial charge is 0.408 e. The lowest BCUT2D eigenvalue weighted by Crippen LogP contribution is -2.55. The number of hydrogen-bond acceptors (Lipinski definition) is 16. The number of nitrogens with zero attached hydrogens (tertiary/aromatic N) is 4. The SMILES string of the molecule is CCOCc1nc2c(NCCNC(=O)OC(C)(C)C)nc3ccccc3c2n1CC(C)(C)OCCNC(=O)C(C)(C)NC(=O)OCc1ccc(NC(=O)[C@H](CCCNC(N)=O)NC(=O)[C@@H](NC(=O)CCCCCN2C(=O)C=CC2=O)C(C)C)cc1. The van der Waals surface area contributed by atoms with Crippen LogP contribution in [0.15, 0.2) is 60.7 Å². The Bertz CT molecular complexity index is 3010. The van der Waals surface area contributed by atoms with Crippen LogP contribution < -0.4 is 48.3 Å². The minimum Gasteiger partial charge on any atom is -0.445 e. The first-order valence-electron chi connectivity index (χ1n) is 28.7. The number of anilines is 2. The number of imide groups is 1. The van der Waals surface area contributed by atoms with Crippen molar-refractivity contribution in [2.24, 2.45) is 11.7 Å². The van der Waals surface area contributed by atoms with Crippen LogP contribution in [0.4, 0.5) is 25.9 Å². The summed E-state index contributed by atoms with van der Waals surface area (Å²) < 4.78 is 25.1. The van der Waals surface area contributed by atoms with Gasteiger partial charge in [0, 0.05) is 69.0 Å². The number of fused-ring (bicyclic) bond motifs is 3. The highest BCUT2D eigenvalue weighted by molar-refractivity contribution is 6.13. The number of nitrogens with two attached hydrogens (primary N) is 1. The van der Waals surface area contributed by atoms with E-state index in [4.69, 9.17) is 34.6 Å². The quantitative estimate of drug-likeness (QED) is 0.0219. The van der Waals surface area contributed by atoms with E-state index in [2.05, 4.69) is 47.1 Å². The second-order valence-electron chi connectivity index (χ2n) is 22.9. The fourth-order valence-electron chi connectivity index (χ4n) is 8.90. The van der Waals surface area contributed by atoms with Gasteiger partial charge in [-0.25, -0.2) is 24.4 Å². The molecule has 10 amide bonds. The van der Waals surface area contributed by atoms with Gasteiger partial charge in [0.05, 0.1) is 29.8 Å². The summed E-state index contributed by atoms with van der Waals surface area (Å²) in [6, 6.07) is 11.3. The van der Waals surface area contributed by atoms with Gasteiger partial charge in [-0.05, 0) is 111 Å². The first-order valence-corrected chi connectivity index (χ1v) is 28.7. The van der Waals surface area contributed by atoms with Crippen LogP contribution in [0.25, 0.3) is 21.9 Å². The fourth-order valence-corrected chi connectivity index (χ4v) is 8.90. The highest BCUT2D eigenvalue weighted by Gasteiger charge is 2.32. The second-order valence-corrected chi connectivity index (χ2v) is 22.9. The molecule has 464 valence electrons. The second kappa shape index (κ2) is 31.5. The molecule has 3 heterocycles. The van der Waals surface area contributed by atoms with Crippen molar-refractivity contribution in [3.05, 3.63) is 72.1 Å². The minimum absolute atomic E-state index is 0.100. The van der Waals surface area contributed by atoms with Crippen LogP contribution in [0, 0.1) is 5.92 Å². The number of rotatable bonds is 33. The molecule has 0 radical (unpaired) electrons. The molecule has 85 heavy (non-hydrogen) atoms. The van der Waals surface area contributed by atoms with Gasteiger partial charge in [-0.3, -0.25) is 33.7 Å². The number of pyridine rings is 1. The van der Waals surface area contributed by atoms with E-state index in [1.54, 1.807) is 58.9 Å². The molecule has 0 aliphatic carbocycles. The Morgan fingerprint density at radius 3 is 2.12 bits per heavy atom. The van der Waals surface area contributed by atoms with Crippen molar-refractivity contribution >= 4 is 87.1 Å². The van der Waals surface area contributed by atoms with E-state index in [1.165, 1.54) is 26.0 Å². The van der Waals surface area contributed by atoms with Crippen molar-refractivity contribution in [3.63, 3.8) is 0 Å². The van der Waals surface area contributed by atoms with Crippen LogP contribution in [0.3, 0.4) is 0 Å². The zero-order valence-corrected chi connectivity index (χ0v) is 50.5. The number of urea groups is 1. The van der Waals surface area contributed by atoms with Gasteiger partial charge in [0.1, 0.15) is 47.8 Å². The summed E-state index contributed by atoms with van der Waals surface area (Å²) in [6.07, 6.45) is 3.08. The zero-order chi connectivity index (χ0) is 62.5. The molecule has 26 nitrogen and oxygen atoms in total. The van der Waals surface area contributed by atoms with Gasteiger partial charge in [0.25, 0.3) is 11.8 Å². The maximum Gasteiger partial charge on any atom is 0.408 e. The summed E-state index contributed by atoms with van der Waals surface area (Å²) in [5.74, 6) is -1.91. The molecule has 0 spiro atoms. The lowest BCUT2D eigenvalue weighted by atomic mass is 10.0. The normalized spacial score (nSPS) is 13.3. The van der Waals surface area contributed by atoms with Crippen molar-refractivity contribution in [1.29, 1.82) is 0 Å². The number of primary amides is 1. The van der Waals surface area contributed by atoms with Crippen LogP contribution in [0.5, 0.6) is 0 Å². The molecule has 1 aliphatic rings. The van der Waals surface area contributed by atoms with E-state index >= 15 is 0 Å². The van der Waals surface area contributed by atoms with Crippen LogP contribution in [-0.2, 0) is 67.5 Å². The average Bonchev–Trinajstić information content (AvgIpc) is 2.35. The Kier molecular flexibility index (Phi) is 25.0. The third-order valence-electron chi connectivity index (χ3n) is 13.2. The van der Waals surface area contributed by atoms with Crippen molar-refractivity contribution in [2.45, 2.75) is 156 Å². The Hall–Kier alpha value is -8.39. The number of para-hydroxylation sites is 1.